The minimum Gasteiger partial charge on any atom is -0.376 e. The lowest BCUT2D eigenvalue weighted by molar-refractivity contribution is 0.0390. The van der Waals surface area contributed by atoms with Gasteiger partial charge in [0.2, 0.25) is 0 Å². The molecule has 1 aromatic rings. The fraction of sp³-hybridized carbons (Fsp3) is 0.647. The van der Waals surface area contributed by atoms with E-state index >= 15 is 0 Å². The average molecular weight is 276 g/mol. The smallest absolute Gasteiger partial charge is 0.0737 e. The van der Waals surface area contributed by atoms with Crippen LogP contribution in [-0.2, 0) is 11.2 Å². The molecule has 1 saturated heterocycles. The maximum atomic E-state index is 5.99. The molecule has 0 amide bonds. The Morgan fingerprint density at radius 1 is 1.30 bits per heavy atom. The van der Waals surface area contributed by atoms with E-state index in [-0.39, 0.29) is 6.10 Å². The summed E-state index contributed by atoms with van der Waals surface area (Å²) in [5, 5.41) is 0. The predicted molar refractivity (Wildman–Crippen MR) is 83.8 cm³/mol. The Morgan fingerprint density at radius 3 is 2.80 bits per heavy atom. The van der Waals surface area contributed by atoms with Crippen LogP contribution in [0.4, 0.5) is 0 Å². The summed E-state index contributed by atoms with van der Waals surface area (Å²) >= 11 is 0. The highest BCUT2D eigenvalue weighted by Gasteiger charge is 2.19. The normalized spacial score (nSPS) is 21.8. The summed E-state index contributed by atoms with van der Waals surface area (Å²) in [5.41, 5.74) is 7.14. The number of nitrogens with two attached hydrogens (primary N) is 1. The maximum Gasteiger partial charge on any atom is 0.0737 e. The van der Waals surface area contributed by atoms with Crippen LogP contribution in [0.15, 0.2) is 30.3 Å². The fourth-order valence-corrected chi connectivity index (χ4v) is 2.97. The minimum absolute atomic E-state index is 0.145. The SMILES string of the molecule is CN1CCCC[C@H]1CCO[C@H](CN)Cc1ccccc1. The first-order chi connectivity index (χ1) is 9.79. The van der Waals surface area contributed by atoms with E-state index < -0.39 is 0 Å². The van der Waals surface area contributed by atoms with Gasteiger partial charge in [-0.3, -0.25) is 0 Å². The Kier molecular flexibility index (Phi) is 6.51. The number of hydrogen-bond donors (Lipinski definition) is 1. The summed E-state index contributed by atoms with van der Waals surface area (Å²) < 4.78 is 5.99. The van der Waals surface area contributed by atoms with E-state index in [1.54, 1.807) is 0 Å². The van der Waals surface area contributed by atoms with Crippen molar-refractivity contribution in [2.24, 2.45) is 5.73 Å². The van der Waals surface area contributed by atoms with Crippen LogP contribution in [0.25, 0.3) is 0 Å². The van der Waals surface area contributed by atoms with Crippen molar-refractivity contribution in [2.75, 3.05) is 26.7 Å². The second-order valence-corrected chi connectivity index (χ2v) is 5.84. The number of ether oxygens (including phenoxy) is 1. The molecule has 1 aliphatic heterocycles. The molecule has 1 aliphatic rings. The number of rotatable bonds is 7. The van der Waals surface area contributed by atoms with Gasteiger partial charge in [-0.2, -0.15) is 0 Å². The third kappa shape index (κ3) is 4.89. The Hall–Kier alpha value is -0.900. The first kappa shape index (κ1) is 15.5. The highest BCUT2D eigenvalue weighted by atomic mass is 16.5. The van der Waals surface area contributed by atoms with Gasteiger partial charge >= 0.3 is 0 Å². The lowest BCUT2D eigenvalue weighted by atomic mass is 10.0. The molecule has 3 heteroatoms. The van der Waals surface area contributed by atoms with Crippen molar-refractivity contribution in [1.82, 2.24) is 4.90 Å². The topological polar surface area (TPSA) is 38.5 Å². The fourth-order valence-electron chi connectivity index (χ4n) is 2.97. The van der Waals surface area contributed by atoms with Crippen LogP contribution in [0.2, 0.25) is 0 Å². The van der Waals surface area contributed by atoms with E-state index in [9.17, 15) is 0 Å². The minimum atomic E-state index is 0.145. The second kappa shape index (κ2) is 8.40. The Bertz CT molecular complexity index is 369. The summed E-state index contributed by atoms with van der Waals surface area (Å²) in [6.07, 6.45) is 6.20. The Balaban J connectivity index is 1.71. The number of hydrogen-bond acceptors (Lipinski definition) is 3. The molecule has 2 atom stereocenters. The summed E-state index contributed by atoms with van der Waals surface area (Å²) in [7, 11) is 2.23. The molecule has 112 valence electrons. The third-order valence-corrected chi connectivity index (χ3v) is 4.30. The molecule has 0 aromatic heterocycles. The molecular weight excluding hydrogens is 248 g/mol. The summed E-state index contributed by atoms with van der Waals surface area (Å²) in [6.45, 7) is 2.65. The molecule has 0 unspecified atom stereocenters. The molecule has 1 fully saturated rings. The average Bonchev–Trinajstić information content (AvgIpc) is 2.49. The molecule has 2 rings (SSSR count). The number of benzene rings is 1. The molecule has 1 heterocycles. The number of piperidine rings is 1. The first-order valence-electron chi connectivity index (χ1n) is 7.85. The van der Waals surface area contributed by atoms with Crippen LogP contribution < -0.4 is 5.73 Å². The highest BCUT2D eigenvalue weighted by molar-refractivity contribution is 5.15. The third-order valence-electron chi connectivity index (χ3n) is 4.30. The van der Waals surface area contributed by atoms with Gasteiger partial charge in [0.25, 0.3) is 0 Å². The molecule has 2 N–H and O–H groups in total. The molecule has 0 saturated carbocycles. The lowest BCUT2D eigenvalue weighted by Crippen LogP contribution is -2.37. The summed E-state index contributed by atoms with van der Waals surface area (Å²) in [4.78, 5) is 2.47. The van der Waals surface area contributed by atoms with Crippen LogP contribution in [0.3, 0.4) is 0 Å². The predicted octanol–water partition coefficient (Wildman–Crippen LogP) is 2.45. The quantitative estimate of drug-likeness (QED) is 0.831. The van der Waals surface area contributed by atoms with Crippen LogP contribution in [0, 0.1) is 0 Å². The molecule has 0 radical (unpaired) electrons. The number of nitrogens with zero attached hydrogens (tertiary/aromatic N) is 1. The van der Waals surface area contributed by atoms with Gasteiger partial charge in [-0.05, 0) is 44.8 Å². The van der Waals surface area contributed by atoms with Crippen LogP contribution >= 0.6 is 0 Å². The molecule has 20 heavy (non-hydrogen) atoms. The van der Waals surface area contributed by atoms with Crippen molar-refractivity contribution in [3.63, 3.8) is 0 Å². The molecule has 1 aromatic carbocycles. The van der Waals surface area contributed by atoms with Gasteiger partial charge < -0.3 is 15.4 Å². The van der Waals surface area contributed by atoms with Crippen molar-refractivity contribution < 1.29 is 4.74 Å². The lowest BCUT2D eigenvalue weighted by Gasteiger charge is -2.32. The Labute approximate surface area is 123 Å². The first-order valence-corrected chi connectivity index (χ1v) is 7.85. The van der Waals surface area contributed by atoms with Gasteiger partial charge in [0.1, 0.15) is 0 Å². The van der Waals surface area contributed by atoms with E-state index in [2.05, 4.69) is 36.2 Å². The van der Waals surface area contributed by atoms with Gasteiger partial charge in [-0.1, -0.05) is 36.8 Å². The monoisotopic (exact) mass is 276 g/mol. The van der Waals surface area contributed by atoms with Crippen LogP contribution in [0.1, 0.15) is 31.2 Å². The second-order valence-electron chi connectivity index (χ2n) is 5.84. The molecule has 0 aliphatic carbocycles. The number of likely N-dealkylation sites (tertiary alicyclic amines) is 1. The highest BCUT2D eigenvalue weighted by Crippen LogP contribution is 2.18. The van der Waals surface area contributed by atoms with E-state index in [1.165, 1.54) is 31.4 Å². The Morgan fingerprint density at radius 2 is 2.10 bits per heavy atom. The van der Waals surface area contributed by atoms with Crippen molar-refractivity contribution in [2.45, 2.75) is 44.2 Å². The molecule has 0 spiro atoms. The van der Waals surface area contributed by atoms with Crippen molar-refractivity contribution >= 4 is 0 Å². The van der Waals surface area contributed by atoms with Crippen molar-refractivity contribution in [3.8, 4) is 0 Å². The van der Waals surface area contributed by atoms with E-state index in [4.69, 9.17) is 10.5 Å². The molecule has 0 bridgehead atoms. The van der Waals surface area contributed by atoms with Gasteiger partial charge in [0, 0.05) is 19.2 Å². The zero-order chi connectivity index (χ0) is 14.2. The maximum absolute atomic E-state index is 5.99. The van der Waals surface area contributed by atoms with Crippen LogP contribution in [0.5, 0.6) is 0 Å². The van der Waals surface area contributed by atoms with Crippen LogP contribution in [-0.4, -0.2) is 43.8 Å². The van der Waals surface area contributed by atoms with Gasteiger partial charge in [0.15, 0.2) is 0 Å². The van der Waals surface area contributed by atoms with Gasteiger partial charge in [-0.25, -0.2) is 0 Å². The summed E-state index contributed by atoms with van der Waals surface area (Å²) in [6, 6.07) is 11.2. The van der Waals surface area contributed by atoms with E-state index in [1.807, 2.05) is 6.07 Å². The zero-order valence-electron chi connectivity index (χ0n) is 12.6. The van der Waals surface area contributed by atoms with E-state index in [0.717, 1.165) is 19.4 Å². The largest absolute Gasteiger partial charge is 0.376 e. The van der Waals surface area contributed by atoms with Crippen molar-refractivity contribution in [1.29, 1.82) is 0 Å². The molecular formula is C17H28N2O. The molecule has 3 nitrogen and oxygen atoms in total. The summed E-state index contributed by atoms with van der Waals surface area (Å²) in [5.74, 6) is 0. The van der Waals surface area contributed by atoms with Gasteiger partial charge in [-0.15, -0.1) is 0 Å². The van der Waals surface area contributed by atoms with Crippen molar-refractivity contribution in [3.05, 3.63) is 35.9 Å². The zero-order valence-corrected chi connectivity index (χ0v) is 12.6. The van der Waals surface area contributed by atoms with E-state index in [0.29, 0.717) is 12.6 Å². The van der Waals surface area contributed by atoms with Gasteiger partial charge in [0.05, 0.1) is 6.10 Å². The standard InChI is InChI=1S/C17H28N2O/c1-19-11-6-5-9-16(19)10-12-20-17(14-18)13-15-7-3-2-4-8-15/h2-4,7-8,16-17H,5-6,9-14,18H2,1H3/t16-,17-/m0/s1.